The summed E-state index contributed by atoms with van der Waals surface area (Å²) in [5.41, 5.74) is -11.7. The molecule has 6 aromatic carbocycles. The molecular weight excluding hydrogens is 1630 g/mol. The second-order valence-corrected chi connectivity index (χ2v) is 27.5. The van der Waals surface area contributed by atoms with Gasteiger partial charge in [0.05, 0.1) is 144 Å². The van der Waals surface area contributed by atoms with Gasteiger partial charge in [-0.3, -0.25) is 100 Å². The number of oxime groups is 2. The van der Waals surface area contributed by atoms with Gasteiger partial charge in [0.1, 0.15) is 36.1 Å². The molecule has 10 aromatic rings. The topological polar surface area (TPSA) is 647 Å². The van der Waals surface area contributed by atoms with Crippen LogP contribution in [0.15, 0.2) is 129 Å². The third kappa shape index (κ3) is 14.2. The number of carbonyl (C=O) groups excluding carboxylic acids is 5. The van der Waals surface area contributed by atoms with Gasteiger partial charge in [0.15, 0.2) is 5.60 Å². The number of aliphatic hydroxyl groups is 1. The number of carboxylic acid groups (broad SMARTS) is 1. The predicted molar refractivity (Wildman–Crippen MR) is 413 cm³/mol. The number of non-ortho nitro benzene ring substituents is 4. The summed E-state index contributed by atoms with van der Waals surface area (Å²) in [4.78, 5) is 205. The van der Waals surface area contributed by atoms with Gasteiger partial charge in [-0.25, -0.2) is 29.1 Å². The molecule has 4 aliphatic heterocycles. The van der Waals surface area contributed by atoms with E-state index in [-0.39, 0.29) is 76.4 Å². The van der Waals surface area contributed by atoms with Gasteiger partial charge in [0.25, 0.3) is 56.6 Å². The van der Waals surface area contributed by atoms with Crippen molar-refractivity contribution in [1.29, 1.82) is 0 Å². The molecule has 0 spiro atoms. The Kier molecular flexibility index (Phi) is 20.7. The van der Waals surface area contributed by atoms with Gasteiger partial charge in [0, 0.05) is 79.5 Å². The molecule has 4 radical (unpaired) electrons. The van der Waals surface area contributed by atoms with Crippen LogP contribution in [-0.2, 0) is 80.6 Å². The average Bonchev–Trinajstić information content (AvgIpc) is 1.68. The molecule has 0 saturated carbocycles. The van der Waals surface area contributed by atoms with E-state index in [1.807, 2.05) is 6.07 Å². The van der Waals surface area contributed by atoms with Crippen molar-refractivity contribution in [2.24, 2.45) is 10.3 Å². The number of ether oxygens (including phenoxy) is 5. The number of nitro groups is 8. The van der Waals surface area contributed by atoms with Crippen LogP contribution in [0, 0.1) is 80.9 Å². The van der Waals surface area contributed by atoms with E-state index in [0.717, 1.165) is 49.1 Å². The lowest BCUT2D eigenvalue weighted by Gasteiger charge is -2.36. The molecule has 123 heavy (non-hydrogen) atoms. The van der Waals surface area contributed by atoms with Crippen molar-refractivity contribution < 1.29 is 112 Å². The first-order chi connectivity index (χ1) is 58.2. The summed E-state index contributed by atoms with van der Waals surface area (Å²) in [7, 11) is 10.2. The number of aliphatic carboxylic acids is 1. The number of pyridine rings is 4. The van der Waals surface area contributed by atoms with E-state index in [2.05, 4.69) is 15.3 Å². The Bertz CT molecular complexity index is 6660. The Labute approximate surface area is 681 Å². The zero-order valence-electron chi connectivity index (χ0n) is 62.8. The maximum Gasteiger partial charge on any atom is 0.355 e. The largest absolute Gasteiger partial charge is 0.478 e. The van der Waals surface area contributed by atoms with Crippen molar-refractivity contribution in [2.45, 2.75) is 90.2 Å². The highest BCUT2D eigenvalue weighted by molar-refractivity contribution is 6.55. The first kappa shape index (κ1) is 82.6. The summed E-state index contributed by atoms with van der Waals surface area (Å²) in [6.07, 6.45) is -3.51. The first-order valence-electron chi connectivity index (χ1n) is 35.5. The van der Waals surface area contributed by atoms with Gasteiger partial charge < -0.3 is 52.7 Å². The number of cyclic esters (lactones) is 2. The fraction of sp³-hybridized carbons (Fsp3) is 0.189. The Morgan fingerprint density at radius 2 is 0.854 bits per heavy atom. The van der Waals surface area contributed by atoms with E-state index in [4.69, 9.17) is 59.1 Å². The summed E-state index contributed by atoms with van der Waals surface area (Å²) in [6.45, 7) is 5.04. The van der Waals surface area contributed by atoms with Crippen molar-refractivity contribution >= 4 is 130 Å². The number of hydrogen-bond acceptors (Lipinski definition) is 36. The van der Waals surface area contributed by atoms with Gasteiger partial charge in [-0.2, -0.15) is 0 Å². The molecule has 0 fully saturated rings. The molecule has 616 valence electrons. The van der Waals surface area contributed by atoms with Gasteiger partial charge in [-0.05, 0) is 87.4 Å². The van der Waals surface area contributed by atoms with Gasteiger partial charge in [-0.1, -0.05) is 24.2 Å². The molecule has 16 rings (SSSR count). The minimum absolute atomic E-state index is 0.00722. The zero-order valence-corrected chi connectivity index (χ0v) is 62.8. The Morgan fingerprint density at radius 3 is 1.20 bits per heavy atom. The summed E-state index contributed by atoms with van der Waals surface area (Å²) < 4.78 is 29.1. The van der Waals surface area contributed by atoms with Crippen LogP contribution in [0.2, 0.25) is 0 Å². The van der Waals surface area contributed by atoms with Gasteiger partial charge in [-0.15, -0.1) is 0 Å². The van der Waals surface area contributed by atoms with E-state index in [1.54, 1.807) is 47.9 Å². The maximum atomic E-state index is 14.0. The predicted octanol–water partition coefficient (Wildman–Crippen LogP) is 9.06. The van der Waals surface area contributed by atoms with Crippen LogP contribution in [-0.4, -0.2) is 144 Å². The highest BCUT2D eigenvalue weighted by Gasteiger charge is 2.53. The number of aromatic nitrogens is 4. The van der Waals surface area contributed by atoms with E-state index in [9.17, 15) is 124 Å². The molecule has 2 N–H and O–H groups in total. The third-order valence-electron chi connectivity index (χ3n) is 20.5. The van der Waals surface area contributed by atoms with Crippen molar-refractivity contribution in [3.63, 3.8) is 0 Å². The van der Waals surface area contributed by atoms with Gasteiger partial charge in [0.2, 0.25) is 45.2 Å². The molecule has 8 heterocycles. The number of rotatable bonds is 19. The lowest BCUT2D eigenvalue weighted by molar-refractivity contribution is -0.395. The number of benzene rings is 6. The molecule has 49 heteroatoms. The molecular formula is C74H46B2N14O33. The van der Waals surface area contributed by atoms with Crippen LogP contribution < -0.4 is 20.6 Å². The number of esters is 3. The molecule has 4 atom stereocenters. The van der Waals surface area contributed by atoms with E-state index < -0.39 is 201 Å². The van der Waals surface area contributed by atoms with Crippen LogP contribution in [0.25, 0.3) is 66.8 Å². The summed E-state index contributed by atoms with van der Waals surface area (Å²) >= 11 is 0. The SMILES string of the molecule is C[C@@H](ON=C1c2cc([N+](=O)[O-])cc([N+](=O)[O-])c2-c2c1cc([N+](=O)[O-])cc2[N+](=O)[O-])C(=O)O.[B]C(=O)Oc1ccc2nc3c(cc2c1)Cn1c-3cc2c(c1=O)COC(=O)[C@@]2(CC)OC(=O)[C@@H](C)ON=C1c2cc([N+](=O)[O-])cc([N+](=O)[O-])c2-c2c1cc([N+](=O)[O-])cc2[N+](=O)[O-].[B]C(=O)Oc1ccc2nc3c(cc2c1)Cn1c-3cc2c(c1=O)COC(=O)[C@]2(O)CC. The van der Waals surface area contributed by atoms with Crippen LogP contribution >= 0.6 is 0 Å². The fourth-order valence-corrected chi connectivity index (χ4v) is 14.8. The quantitative estimate of drug-likeness (QED) is 0.0250. The molecule has 6 aliphatic rings. The van der Waals surface area contributed by atoms with Crippen molar-refractivity contribution in [2.75, 3.05) is 0 Å². The van der Waals surface area contributed by atoms with Crippen molar-refractivity contribution in [1.82, 2.24) is 19.1 Å². The lowest BCUT2D eigenvalue weighted by atomic mass is 9.85. The van der Waals surface area contributed by atoms with E-state index in [1.165, 1.54) is 29.7 Å². The van der Waals surface area contributed by atoms with Crippen LogP contribution in [0.4, 0.5) is 55.1 Å². The Balaban J connectivity index is 0.000000166. The number of carboxylic acids is 1. The maximum absolute atomic E-state index is 14.0. The fourth-order valence-electron chi connectivity index (χ4n) is 14.8. The summed E-state index contributed by atoms with van der Waals surface area (Å²) in [5, 5.41) is 122. The van der Waals surface area contributed by atoms with E-state index >= 15 is 0 Å². The summed E-state index contributed by atoms with van der Waals surface area (Å²) in [6, 6.07) is 21.8. The number of nitrogens with zero attached hydrogens (tertiary/aromatic N) is 14. The number of nitro benzene ring substituents is 8. The minimum Gasteiger partial charge on any atom is -0.478 e. The molecule has 2 aliphatic carbocycles. The summed E-state index contributed by atoms with van der Waals surface area (Å²) in [5.74, 6) is -5.99. The highest BCUT2D eigenvalue weighted by atomic mass is 16.7. The smallest absolute Gasteiger partial charge is 0.355 e. The molecule has 0 saturated heterocycles. The third-order valence-corrected chi connectivity index (χ3v) is 20.5. The molecule has 4 aromatic heterocycles. The van der Waals surface area contributed by atoms with Crippen LogP contribution in [0.1, 0.15) is 96.2 Å². The zero-order chi connectivity index (χ0) is 88.9. The second-order valence-electron chi connectivity index (χ2n) is 27.5. The monoisotopic (exact) mass is 1680 g/mol. The standard InChI is InChI=1S/C37H22BN7O16.C21H15BN2O6.C16H9N5O11/c1-3-37(24-12-28-31-17(13-41(28)33(46)23(24)14-58-35(37)48)6-16-7-20(59-36(38)49)4-5-25(16)39-31)60-34(47)15(2)61-40-32-21-8-18(42(50)51)10-26(44(54)55)29(21)30-22(32)9-19(43(52)53)11-27(30)45(56)57;1-2-21(28)14-7-16-17-11(8-24(16)18(25)13(14)9-29-19(21)26)5-10-6-12(30-20(22)27)3-4-15(10)23-17;1-6(16(22)23)32-17-15-9-2-7(18(24)25)4-11(20(28)29)13(9)14-10(15)3-8(19(26)27)5-12(14)21(30)31/h4-12,15H,3,13-14H2,1-2H3;3-7,28H,2,8-9H2,1H3;2-6H,1H3,(H,22,23)/t15-,37+;21-;6-/m101/s1. The lowest BCUT2D eigenvalue weighted by Crippen LogP contribution is -2.48. The van der Waals surface area contributed by atoms with Crippen molar-refractivity contribution in [3.8, 4) is 56.5 Å². The van der Waals surface area contributed by atoms with Gasteiger partial charge >= 0.3 is 23.9 Å². The number of fused-ring (bicyclic) bond motifs is 16. The molecule has 0 bridgehead atoms. The molecule has 0 amide bonds. The van der Waals surface area contributed by atoms with E-state index in [0.29, 0.717) is 75.6 Å². The Hall–Kier alpha value is -16.9. The van der Waals surface area contributed by atoms with Crippen molar-refractivity contribution in [3.05, 3.63) is 266 Å². The number of carbonyl (C=O) groups is 6. The molecule has 47 nitrogen and oxygen atoms in total. The molecule has 0 unspecified atom stereocenters. The Morgan fingerprint density at radius 1 is 0.496 bits per heavy atom. The highest BCUT2D eigenvalue weighted by Crippen LogP contribution is 2.53. The van der Waals surface area contributed by atoms with Crippen LogP contribution in [0.5, 0.6) is 11.5 Å². The minimum atomic E-state index is -2.24. The average molecular weight is 1680 g/mol. The number of hydrogen-bond donors (Lipinski definition) is 2. The van der Waals surface area contributed by atoms with Crippen LogP contribution in [0.3, 0.4) is 0 Å². The second kappa shape index (κ2) is 30.9. The normalized spacial score (nSPS) is 15.7. The first-order valence-corrected chi connectivity index (χ1v) is 35.5.